The van der Waals surface area contributed by atoms with Gasteiger partial charge in [-0.3, -0.25) is 4.79 Å². The Kier molecular flexibility index (Phi) is 5.08. The summed E-state index contributed by atoms with van der Waals surface area (Å²) in [6.45, 7) is 0. The maximum Gasteiger partial charge on any atom is 0.248 e. The van der Waals surface area contributed by atoms with E-state index in [0.29, 0.717) is 22.6 Å². The van der Waals surface area contributed by atoms with Crippen molar-refractivity contribution < 1.29 is 22.0 Å². The van der Waals surface area contributed by atoms with E-state index in [9.17, 15) is 22.0 Å². The second-order valence-electron chi connectivity index (χ2n) is 6.87. The first kappa shape index (κ1) is 20.2. The van der Waals surface area contributed by atoms with Crippen molar-refractivity contribution in [3.63, 3.8) is 0 Å². The molecular formula is C19H15ClF2N2O3S2. The topological polar surface area (TPSA) is 76.1 Å². The summed E-state index contributed by atoms with van der Waals surface area (Å²) in [5.41, 5.74) is 0.185. The van der Waals surface area contributed by atoms with Gasteiger partial charge in [0.25, 0.3) is 0 Å². The molecule has 1 amide bonds. The van der Waals surface area contributed by atoms with Crippen molar-refractivity contribution in [2.45, 2.75) is 35.3 Å². The maximum absolute atomic E-state index is 13.4. The van der Waals surface area contributed by atoms with Gasteiger partial charge >= 0.3 is 0 Å². The SMILES string of the molecule is O=C(Nc1nc2cc(F)c(F)cc2s1)C1(S(=O)(=O)c2ccc(Cl)cc2)CCCC1. The quantitative estimate of drug-likeness (QED) is 0.602. The molecule has 1 heterocycles. The number of thiazole rings is 1. The van der Waals surface area contributed by atoms with Gasteiger partial charge in [-0.2, -0.15) is 0 Å². The first-order chi connectivity index (χ1) is 13.7. The van der Waals surface area contributed by atoms with E-state index in [4.69, 9.17) is 11.6 Å². The third-order valence-corrected chi connectivity index (χ3v) is 8.82. The molecule has 10 heteroatoms. The van der Waals surface area contributed by atoms with Crippen molar-refractivity contribution in [3.8, 4) is 0 Å². The molecule has 0 bridgehead atoms. The molecule has 0 spiro atoms. The molecule has 0 radical (unpaired) electrons. The minimum atomic E-state index is -3.99. The molecule has 29 heavy (non-hydrogen) atoms. The fraction of sp³-hybridized carbons (Fsp3) is 0.263. The van der Waals surface area contributed by atoms with Crippen molar-refractivity contribution in [1.82, 2.24) is 4.98 Å². The van der Waals surface area contributed by atoms with Crippen LogP contribution < -0.4 is 5.32 Å². The van der Waals surface area contributed by atoms with Gasteiger partial charge in [0.2, 0.25) is 5.91 Å². The van der Waals surface area contributed by atoms with Crippen LogP contribution in [-0.2, 0) is 14.6 Å². The third-order valence-electron chi connectivity index (χ3n) is 5.11. The Hall–Kier alpha value is -2.10. The summed E-state index contributed by atoms with van der Waals surface area (Å²) in [5, 5.41) is 3.04. The average Bonchev–Trinajstić information content (AvgIpc) is 3.30. The molecule has 5 nitrogen and oxygen atoms in total. The normalized spacial score (nSPS) is 16.2. The summed E-state index contributed by atoms with van der Waals surface area (Å²) in [5.74, 6) is -2.75. The summed E-state index contributed by atoms with van der Waals surface area (Å²) in [7, 11) is -3.99. The number of halogens is 3. The Labute approximate surface area is 174 Å². The summed E-state index contributed by atoms with van der Waals surface area (Å²) in [6, 6.07) is 7.63. The van der Waals surface area contributed by atoms with E-state index in [2.05, 4.69) is 10.3 Å². The summed E-state index contributed by atoms with van der Waals surface area (Å²) < 4.78 is 52.2. The highest BCUT2D eigenvalue weighted by Gasteiger charge is 2.53. The summed E-state index contributed by atoms with van der Waals surface area (Å²) in [6.07, 6.45) is 1.54. The van der Waals surface area contributed by atoms with E-state index in [1.807, 2.05) is 0 Å². The number of nitrogens with zero attached hydrogens (tertiary/aromatic N) is 1. The summed E-state index contributed by atoms with van der Waals surface area (Å²) >= 11 is 6.80. The number of aromatic nitrogens is 1. The number of benzene rings is 2. The molecule has 3 aromatic rings. The number of carbonyl (C=O) groups excluding carboxylic acids is 1. The highest BCUT2D eigenvalue weighted by Crippen LogP contribution is 2.42. The highest BCUT2D eigenvalue weighted by molar-refractivity contribution is 7.93. The lowest BCUT2D eigenvalue weighted by Crippen LogP contribution is -2.47. The number of fused-ring (bicyclic) bond motifs is 1. The van der Waals surface area contributed by atoms with E-state index >= 15 is 0 Å². The van der Waals surface area contributed by atoms with Crippen LogP contribution in [0.5, 0.6) is 0 Å². The third kappa shape index (κ3) is 3.41. The molecular weight excluding hydrogens is 442 g/mol. The molecule has 0 aliphatic heterocycles. The zero-order chi connectivity index (χ0) is 20.8. The molecule has 4 rings (SSSR count). The standard InChI is InChI=1S/C19H15ClF2N2O3S2/c20-11-3-5-12(6-4-11)29(26,27)19(7-1-2-8-19)17(25)24-18-23-15-9-13(21)14(22)10-16(15)28-18/h3-6,9-10H,1-2,7-8H2,(H,23,24,25). The van der Waals surface area contributed by atoms with Crippen LogP contribution in [0.1, 0.15) is 25.7 Å². The number of hydrogen-bond donors (Lipinski definition) is 1. The zero-order valence-electron chi connectivity index (χ0n) is 14.9. The lowest BCUT2D eigenvalue weighted by molar-refractivity contribution is -0.118. The van der Waals surface area contributed by atoms with E-state index in [1.54, 1.807) is 0 Å². The molecule has 0 unspecified atom stereocenters. The van der Waals surface area contributed by atoms with Gasteiger partial charge in [-0.15, -0.1) is 0 Å². The molecule has 1 saturated carbocycles. The van der Waals surface area contributed by atoms with Gasteiger partial charge in [-0.25, -0.2) is 22.2 Å². The van der Waals surface area contributed by atoms with Crippen LogP contribution in [0.15, 0.2) is 41.3 Å². The van der Waals surface area contributed by atoms with E-state index in [1.165, 1.54) is 24.3 Å². The molecule has 1 aromatic heterocycles. The highest BCUT2D eigenvalue weighted by atomic mass is 35.5. The Balaban J connectivity index is 1.70. The van der Waals surface area contributed by atoms with E-state index < -0.39 is 32.1 Å². The van der Waals surface area contributed by atoms with Gasteiger partial charge in [0.05, 0.1) is 15.1 Å². The summed E-state index contributed by atoms with van der Waals surface area (Å²) in [4.78, 5) is 17.2. The number of nitrogens with one attached hydrogen (secondary N) is 1. The molecule has 1 aliphatic carbocycles. The number of hydrogen-bond acceptors (Lipinski definition) is 5. The first-order valence-electron chi connectivity index (χ1n) is 8.80. The minimum Gasteiger partial charge on any atom is -0.301 e. The van der Waals surface area contributed by atoms with Crippen molar-refractivity contribution in [2.75, 3.05) is 5.32 Å². The van der Waals surface area contributed by atoms with Gasteiger partial charge in [0, 0.05) is 11.1 Å². The Morgan fingerprint density at radius 2 is 1.72 bits per heavy atom. The fourth-order valence-electron chi connectivity index (χ4n) is 3.59. The first-order valence-corrected chi connectivity index (χ1v) is 11.5. The van der Waals surface area contributed by atoms with Crippen LogP contribution in [0.25, 0.3) is 10.2 Å². The molecule has 0 atom stereocenters. The Bertz CT molecular complexity index is 1170. The van der Waals surface area contributed by atoms with Crippen LogP contribution in [0.2, 0.25) is 5.02 Å². The monoisotopic (exact) mass is 456 g/mol. The van der Waals surface area contributed by atoms with Gasteiger partial charge < -0.3 is 5.32 Å². The predicted octanol–water partition coefficient (Wildman–Crippen LogP) is 4.95. The molecule has 152 valence electrons. The number of carbonyl (C=O) groups is 1. The van der Waals surface area contributed by atoms with Crippen molar-refractivity contribution in [2.24, 2.45) is 0 Å². The fourth-order valence-corrected chi connectivity index (χ4v) is 6.65. The van der Waals surface area contributed by atoms with Crippen molar-refractivity contribution in [1.29, 1.82) is 0 Å². The van der Waals surface area contributed by atoms with E-state index in [-0.39, 0.29) is 28.4 Å². The van der Waals surface area contributed by atoms with Gasteiger partial charge in [0.15, 0.2) is 31.4 Å². The Morgan fingerprint density at radius 1 is 1.10 bits per heavy atom. The second-order valence-corrected chi connectivity index (χ2v) is 10.6. The van der Waals surface area contributed by atoms with Crippen molar-refractivity contribution >= 4 is 54.0 Å². The smallest absolute Gasteiger partial charge is 0.248 e. The van der Waals surface area contributed by atoms with Gasteiger partial charge in [0.1, 0.15) is 0 Å². The molecule has 1 N–H and O–H groups in total. The van der Waals surface area contributed by atoms with Crippen molar-refractivity contribution in [3.05, 3.63) is 53.1 Å². The van der Waals surface area contributed by atoms with Gasteiger partial charge in [-0.1, -0.05) is 35.8 Å². The zero-order valence-corrected chi connectivity index (χ0v) is 17.3. The molecule has 0 saturated heterocycles. The maximum atomic E-state index is 13.4. The predicted molar refractivity (Wildman–Crippen MR) is 108 cm³/mol. The lowest BCUT2D eigenvalue weighted by atomic mass is 10.1. The largest absolute Gasteiger partial charge is 0.301 e. The van der Waals surface area contributed by atoms with Crippen LogP contribution in [0.3, 0.4) is 0 Å². The van der Waals surface area contributed by atoms with Crippen LogP contribution in [-0.4, -0.2) is 24.1 Å². The van der Waals surface area contributed by atoms with Crippen LogP contribution in [0, 0.1) is 11.6 Å². The molecule has 1 aliphatic rings. The molecule has 1 fully saturated rings. The number of amides is 1. The second kappa shape index (κ2) is 7.30. The Morgan fingerprint density at radius 3 is 2.38 bits per heavy atom. The average molecular weight is 457 g/mol. The number of rotatable bonds is 4. The lowest BCUT2D eigenvalue weighted by Gasteiger charge is -2.27. The molecule has 2 aromatic carbocycles. The van der Waals surface area contributed by atoms with Gasteiger partial charge in [-0.05, 0) is 43.2 Å². The van der Waals surface area contributed by atoms with Crippen LogP contribution in [0.4, 0.5) is 13.9 Å². The number of anilines is 1. The van der Waals surface area contributed by atoms with Crippen LogP contribution >= 0.6 is 22.9 Å². The number of sulfone groups is 1. The van der Waals surface area contributed by atoms with E-state index in [0.717, 1.165) is 23.5 Å². The minimum absolute atomic E-state index is 0.0207.